The van der Waals surface area contributed by atoms with E-state index in [-0.39, 0.29) is 11.8 Å². The lowest BCUT2D eigenvalue weighted by Gasteiger charge is -2.11. The fourth-order valence-corrected chi connectivity index (χ4v) is 5.88. The number of amides is 2. The molecule has 0 aliphatic carbocycles. The lowest BCUT2D eigenvalue weighted by Crippen LogP contribution is -2.24. The molecule has 12 heteroatoms. The summed E-state index contributed by atoms with van der Waals surface area (Å²) in [5, 5.41) is 5.86. The van der Waals surface area contributed by atoms with Crippen molar-refractivity contribution in [3.8, 4) is 33.8 Å². The molecule has 5 aromatic rings. The molecule has 0 bridgehead atoms. The molecule has 2 amide bonds. The molecule has 4 N–H and O–H groups in total. The normalized spacial score (nSPS) is 13.4. The van der Waals surface area contributed by atoms with Gasteiger partial charge in [0.25, 0.3) is 11.8 Å². The highest BCUT2D eigenvalue weighted by Gasteiger charge is 2.13. The SMILES string of the molecule is CP(=O)(O)Oc1ccc(-c2ccc(C(=O)NCc3cccc(CNC(=O)c4ccc(-c5ccc(OP(C)(=O)O)cc5)cc4)c3)cc2)cc1. The Morgan fingerprint density at radius 1 is 0.542 bits per heavy atom. The van der Waals surface area contributed by atoms with E-state index in [4.69, 9.17) is 9.05 Å². The molecular formula is C36H34N2O8P2. The van der Waals surface area contributed by atoms with Gasteiger partial charge in [-0.3, -0.25) is 9.59 Å². The fourth-order valence-electron chi connectivity index (χ4n) is 4.85. The van der Waals surface area contributed by atoms with Crippen molar-refractivity contribution in [2.45, 2.75) is 13.1 Å². The van der Waals surface area contributed by atoms with Crippen LogP contribution in [0.15, 0.2) is 121 Å². The molecule has 0 radical (unpaired) electrons. The number of carbonyl (C=O) groups excluding carboxylic acids is 2. The molecule has 0 spiro atoms. The molecule has 2 unspecified atom stereocenters. The lowest BCUT2D eigenvalue weighted by atomic mass is 10.0. The van der Waals surface area contributed by atoms with Crippen molar-refractivity contribution >= 4 is 27.0 Å². The van der Waals surface area contributed by atoms with Crippen molar-refractivity contribution in [1.82, 2.24) is 10.6 Å². The van der Waals surface area contributed by atoms with Gasteiger partial charge in [0, 0.05) is 37.5 Å². The van der Waals surface area contributed by atoms with Crippen LogP contribution in [0, 0.1) is 0 Å². The summed E-state index contributed by atoms with van der Waals surface area (Å²) in [5.41, 5.74) is 6.26. The minimum atomic E-state index is -3.63. The number of rotatable bonds is 12. The van der Waals surface area contributed by atoms with Crippen molar-refractivity contribution in [3.05, 3.63) is 144 Å². The molecule has 246 valence electrons. The second-order valence-electron chi connectivity index (χ2n) is 11.2. The summed E-state index contributed by atoms with van der Waals surface area (Å²) in [5.74, 6) is 0.146. The van der Waals surface area contributed by atoms with Crippen molar-refractivity contribution in [2.75, 3.05) is 13.3 Å². The van der Waals surface area contributed by atoms with E-state index >= 15 is 0 Å². The van der Waals surface area contributed by atoms with Crippen LogP contribution in [0.5, 0.6) is 11.5 Å². The van der Waals surface area contributed by atoms with E-state index in [9.17, 15) is 28.5 Å². The third-order valence-corrected chi connectivity index (χ3v) is 8.22. The summed E-state index contributed by atoms with van der Waals surface area (Å²) in [6, 6.07) is 35.4. The van der Waals surface area contributed by atoms with Crippen molar-refractivity contribution < 1.29 is 37.6 Å². The van der Waals surface area contributed by atoms with E-state index < -0.39 is 15.2 Å². The quantitative estimate of drug-likeness (QED) is 0.100. The third kappa shape index (κ3) is 10.0. The Hall–Kier alpha value is -4.98. The maximum absolute atomic E-state index is 12.8. The highest BCUT2D eigenvalue weighted by molar-refractivity contribution is 7.52. The number of carbonyl (C=O) groups is 2. The molecular weight excluding hydrogens is 650 g/mol. The van der Waals surface area contributed by atoms with Crippen LogP contribution in [0.3, 0.4) is 0 Å². The molecule has 0 saturated heterocycles. The van der Waals surface area contributed by atoms with Crippen LogP contribution < -0.4 is 19.7 Å². The van der Waals surface area contributed by atoms with Gasteiger partial charge in [-0.15, -0.1) is 0 Å². The summed E-state index contributed by atoms with van der Waals surface area (Å²) < 4.78 is 32.9. The van der Waals surface area contributed by atoms with Gasteiger partial charge in [-0.25, -0.2) is 9.13 Å². The molecule has 0 heterocycles. The van der Waals surface area contributed by atoms with E-state index in [1.54, 1.807) is 72.8 Å². The first-order chi connectivity index (χ1) is 22.8. The molecule has 48 heavy (non-hydrogen) atoms. The van der Waals surface area contributed by atoms with Crippen LogP contribution in [0.2, 0.25) is 0 Å². The number of hydrogen-bond acceptors (Lipinski definition) is 6. The summed E-state index contributed by atoms with van der Waals surface area (Å²) >= 11 is 0. The van der Waals surface area contributed by atoms with Crippen LogP contribution in [0.1, 0.15) is 31.8 Å². The first-order valence-corrected chi connectivity index (χ1v) is 18.9. The number of benzene rings is 5. The summed E-state index contributed by atoms with van der Waals surface area (Å²) in [6.45, 7) is 2.86. The van der Waals surface area contributed by atoms with E-state index in [0.717, 1.165) is 46.7 Å². The van der Waals surface area contributed by atoms with Gasteiger partial charge in [0.05, 0.1) is 0 Å². The predicted molar refractivity (Wildman–Crippen MR) is 185 cm³/mol. The Kier molecular flexibility index (Phi) is 10.6. The Labute approximate surface area is 278 Å². The molecule has 5 aromatic carbocycles. The molecule has 2 atom stereocenters. The van der Waals surface area contributed by atoms with Gasteiger partial charge in [0.1, 0.15) is 11.5 Å². The molecule has 0 aliphatic heterocycles. The standard InChI is InChI=1S/C36H34N2O8P2/c1-47(41,42)45-33-18-14-29(15-19-33)27-6-10-31(11-7-27)35(39)37-23-25-4-3-5-26(22-25)24-38-36(40)32-12-8-28(9-13-32)30-16-20-34(21-17-30)46-48(2,43)44/h3-22H,23-24H2,1-2H3,(H,37,39)(H,38,40)(H,41,42)(H,43,44). The maximum Gasteiger partial charge on any atom is 0.373 e. The zero-order valence-corrected chi connectivity index (χ0v) is 28.0. The van der Waals surface area contributed by atoms with Gasteiger partial charge < -0.3 is 29.5 Å². The molecule has 0 fully saturated rings. The minimum absolute atomic E-state index is 0.227. The number of hydrogen-bond donors (Lipinski definition) is 4. The van der Waals surface area contributed by atoms with Gasteiger partial charge in [0.2, 0.25) is 0 Å². The van der Waals surface area contributed by atoms with Crippen LogP contribution in [0.25, 0.3) is 22.3 Å². The Bertz CT molecular complexity index is 1840. The average Bonchev–Trinajstić information content (AvgIpc) is 3.06. The zero-order valence-electron chi connectivity index (χ0n) is 26.2. The molecule has 0 aliphatic rings. The average molecular weight is 685 g/mol. The van der Waals surface area contributed by atoms with Gasteiger partial charge in [-0.1, -0.05) is 72.8 Å². The van der Waals surface area contributed by atoms with E-state index in [1.807, 2.05) is 48.5 Å². The van der Waals surface area contributed by atoms with Gasteiger partial charge >= 0.3 is 15.2 Å². The topological polar surface area (TPSA) is 151 Å². The Balaban J connectivity index is 1.11. The van der Waals surface area contributed by atoms with Crippen molar-refractivity contribution in [3.63, 3.8) is 0 Å². The van der Waals surface area contributed by atoms with E-state index in [0.29, 0.717) is 35.7 Å². The smallest absolute Gasteiger partial charge is 0.373 e. The first-order valence-electron chi connectivity index (χ1n) is 14.9. The summed E-state index contributed by atoms with van der Waals surface area (Å²) in [6.07, 6.45) is 0. The van der Waals surface area contributed by atoms with Crippen molar-refractivity contribution in [2.24, 2.45) is 0 Å². The largest absolute Gasteiger partial charge is 0.425 e. The third-order valence-electron chi connectivity index (χ3n) is 7.12. The maximum atomic E-state index is 12.8. The van der Waals surface area contributed by atoms with Crippen LogP contribution in [-0.2, 0) is 22.2 Å². The monoisotopic (exact) mass is 684 g/mol. The zero-order chi connectivity index (χ0) is 34.3. The Morgan fingerprint density at radius 3 is 1.17 bits per heavy atom. The van der Waals surface area contributed by atoms with Crippen molar-refractivity contribution in [1.29, 1.82) is 0 Å². The summed E-state index contributed by atoms with van der Waals surface area (Å²) in [4.78, 5) is 44.4. The Morgan fingerprint density at radius 2 is 0.854 bits per heavy atom. The minimum Gasteiger partial charge on any atom is -0.425 e. The van der Waals surface area contributed by atoms with Crippen LogP contribution in [0.4, 0.5) is 0 Å². The van der Waals surface area contributed by atoms with E-state index in [2.05, 4.69) is 10.6 Å². The molecule has 0 aromatic heterocycles. The fraction of sp³-hybridized carbons (Fsp3) is 0.111. The van der Waals surface area contributed by atoms with Gasteiger partial charge in [-0.2, -0.15) is 0 Å². The van der Waals surface area contributed by atoms with Crippen LogP contribution in [-0.4, -0.2) is 34.9 Å². The van der Waals surface area contributed by atoms with Gasteiger partial charge in [-0.05, 0) is 81.9 Å². The number of nitrogens with one attached hydrogen (secondary N) is 2. The molecule has 10 nitrogen and oxygen atoms in total. The highest BCUT2D eigenvalue weighted by Crippen LogP contribution is 2.39. The predicted octanol–water partition coefficient (Wildman–Crippen LogP) is 7.27. The molecule has 5 rings (SSSR count). The lowest BCUT2D eigenvalue weighted by molar-refractivity contribution is 0.0943. The second-order valence-corrected chi connectivity index (χ2v) is 14.8. The van der Waals surface area contributed by atoms with E-state index in [1.165, 1.54) is 0 Å². The van der Waals surface area contributed by atoms with Gasteiger partial charge in [0.15, 0.2) is 0 Å². The summed E-state index contributed by atoms with van der Waals surface area (Å²) in [7, 11) is -7.26. The second kappa shape index (κ2) is 14.8. The first kappa shape index (κ1) is 34.4. The van der Waals surface area contributed by atoms with Crippen LogP contribution >= 0.6 is 15.2 Å². The molecule has 0 saturated carbocycles. The highest BCUT2D eigenvalue weighted by atomic mass is 31.2.